The highest BCUT2D eigenvalue weighted by Gasteiger charge is 2.26. The highest BCUT2D eigenvalue weighted by atomic mass is 35.5. The van der Waals surface area contributed by atoms with Gasteiger partial charge in [0.15, 0.2) is 5.76 Å². The van der Waals surface area contributed by atoms with E-state index in [-0.39, 0.29) is 11.6 Å². The molecular weight excluding hydrogens is 353 g/mol. The van der Waals surface area contributed by atoms with E-state index in [0.29, 0.717) is 43.3 Å². The lowest BCUT2D eigenvalue weighted by Crippen LogP contribution is -2.48. The van der Waals surface area contributed by atoms with Crippen molar-refractivity contribution >= 4 is 23.4 Å². The molecule has 0 aliphatic carbocycles. The summed E-state index contributed by atoms with van der Waals surface area (Å²) >= 11 is 6.04. The number of carbonyl (C=O) groups is 1. The molecule has 9 heteroatoms. The average Bonchev–Trinajstić information content (AvgIpc) is 3.09. The van der Waals surface area contributed by atoms with Crippen molar-refractivity contribution in [3.63, 3.8) is 0 Å². The van der Waals surface area contributed by atoms with Crippen molar-refractivity contribution in [3.05, 3.63) is 62.6 Å². The number of nitrogens with zero attached hydrogens (tertiary/aromatic N) is 3. The number of furan rings is 1. The molecule has 0 radical (unpaired) electrons. The molecule has 0 N–H and O–H groups in total. The van der Waals surface area contributed by atoms with Crippen LogP contribution in [-0.2, 0) is 6.54 Å². The standard InChI is InChI=1S/C16H15ClFN3O4/c17-12-2-1-3-13(18)11(12)10-19-6-8-20(9-7-19)16(22)14-4-5-15(25-14)21(23)24/h1-5H,6-10H2. The highest BCUT2D eigenvalue weighted by molar-refractivity contribution is 6.31. The Morgan fingerprint density at radius 3 is 2.56 bits per heavy atom. The number of hydrogen-bond donors (Lipinski definition) is 0. The second kappa shape index (κ2) is 7.20. The van der Waals surface area contributed by atoms with Crippen molar-refractivity contribution in [3.8, 4) is 0 Å². The fourth-order valence-corrected chi connectivity index (χ4v) is 2.94. The van der Waals surface area contributed by atoms with Crippen LogP contribution < -0.4 is 0 Å². The third kappa shape index (κ3) is 3.80. The first-order valence-electron chi connectivity index (χ1n) is 7.64. The second-order valence-electron chi connectivity index (χ2n) is 5.66. The summed E-state index contributed by atoms with van der Waals surface area (Å²) in [6, 6.07) is 7.02. The fourth-order valence-electron chi connectivity index (χ4n) is 2.71. The average molecular weight is 368 g/mol. The lowest BCUT2D eigenvalue weighted by atomic mass is 10.2. The number of amides is 1. The topological polar surface area (TPSA) is 79.8 Å². The lowest BCUT2D eigenvalue weighted by Gasteiger charge is -2.34. The molecule has 0 unspecified atom stereocenters. The summed E-state index contributed by atoms with van der Waals surface area (Å²) in [6.07, 6.45) is 0. The largest absolute Gasteiger partial charge is 0.433 e. The number of rotatable bonds is 4. The summed E-state index contributed by atoms with van der Waals surface area (Å²) in [5.74, 6) is -1.26. The molecule has 25 heavy (non-hydrogen) atoms. The fraction of sp³-hybridized carbons (Fsp3) is 0.312. The molecule has 0 bridgehead atoms. The monoisotopic (exact) mass is 367 g/mol. The zero-order chi connectivity index (χ0) is 18.0. The molecule has 2 heterocycles. The molecular formula is C16H15ClFN3O4. The Kier molecular flexibility index (Phi) is 5.00. The number of nitro groups is 1. The molecule has 1 fully saturated rings. The lowest BCUT2D eigenvalue weighted by molar-refractivity contribution is -0.402. The van der Waals surface area contributed by atoms with Gasteiger partial charge in [-0.2, -0.15) is 0 Å². The number of benzene rings is 1. The van der Waals surface area contributed by atoms with Gasteiger partial charge >= 0.3 is 5.88 Å². The third-order valence-electron chi connectivity index (χ3n) is 4.09. The van der Waals surface area contributed by atoms with E-state index in [0.717, 1.165) is 6.07 Å². The first kappa shape index (κ1) is 17.4. The summed E-state index contributed by atoms with van der Waals surface area (Å²) < 4.78 is 18.8. The summed E-state index contributed by atoms with van der Waals surface area (Å²) in [7, 11) is 0. The Hall–Kier alpha value is -2.45. The number of hydrogen-bond acceptors (Lipinski definition) is 5. The molecule has 0 saturated carbocycles. The van der Waals surface area contributed by atoms with Crippen LogP contribution in [0.2, 0.25) is 5.02 Å². The molecule has 7 nitrogen and oxygen atoms in total. The van der Waals surface area contributed by atoms with Gasteiger partial charge in [0.05, 0.1) is 6.07 Å². The number of piperazine rings is 1. The van der Waals surface area contributed by atoms with Gasteiger partial charge in [-0.3, -0.25) is 19.8 Å². The van der Waals surface area contributed by atoms with Gasteiger partial charge in [-0.05, 0) is 18.2 Å². The predicted molar refractivity (Wildman–Crippen MR) is 88.0 cm³/mol. The molecule has 1 aromatic carbocycles. The van der Waals surface area contributed by atoms with Crippen molar-refractivity contribution < 1.29 is 18.5 Å². The zero-order valence-corrected chi connectivity index (χ0v) is 13.9. The van der Waals surface area contributed by atoms with E-state index in [1.807, 2.05) is 4.90 Å². The van der Waals surface area contributed by atoms with Crippen molar-refractivity contribution in [1.29, 1.82) is 0 Å². The van der Waals surface area contributed by atoms with Gasteiger partial charge in [-0.15, -0.1) is 0 Å². The third-order valence-corrected chi connectivity index (χ3v) is 4.44. The van der Waals surface area contributed by atoms with Gasteiger partial charge in [0.1, 0.15) is 10.7 Å². The normalized spacial score (nSPS) is 15.4. The molecule has 0 spiro atoms. The second-order valence-corrected chi connectivity index (χ2v) is 6.07. The zero-order valence-electron chi connectivity index (χ0n) is 13.2. The van der Waals surface area contributed by atoms with Crippen molar-refractivity contribution in [2.24, 2.45) is 0 Å². The molecule has 3 rings (SSSR count). The molecule has 132 valence electrons. The van der Waals surface area contributed by atoms with Crippen molar-refractivity contribution in [1.82, 2.24) is 9.80 Å². The van der Waals surface area contributed by atoms with Crippen molar-refractivity contribution in [2.45, 2.75) is 6.54 Å². The SMILES string of the molecule is O=C(c1ccc([N+](=O)[O-])o1)N1CCN(Cc2c(F)cccc2Cl)CC1. The minimum Gasteiger partial charge on any atom is -0.395 e. The van der Waals surface area contributed by atoms with Gasteiger partial charge in [-0.25, -0.2) is 4.39 Å². The summed E-state index contributed by atoms with van der Waals surface area (Å²) in [5.41, 5.74) is 0.436. The minimum atomic E-state index is -0.688. The predicted octanol–water partition coefficient (Wildman–Crippen LogP) is 2.94. The van der Waals surface area contributed by atoms with E-state index in [1.54, 1.807) is 17.0 Å². The molecule has 1 amide bonds. The molecule has 0 atom stereocenters. The van der Waals surface area contributed by atoms with Crippen LogP contribution in [0, 0.1) is 15.9 Å². The van der Waals surface area contributed by atoms with Crippen LogP contribution in [0.3, 0.4) is 0 Å². The van der Waals surface area contributed by atoms with Gasteiger partial charge < -0.3 is 9.32 Å². The molecule has 1 aliphatic heterocycles. The van der Waals surface area contributed by atoms with E-state index in [1.165, 1.54) is 12.1 Å². The van der Waals surface area contributed by atoms with Gasteiger partial charge in [0, 0.05) is 43.3 Å². The van der Waals surface area contributed by atoms with Crippen LogP contribution in [0.4, 0.5) is 10.3 Å². The van der Waals surface area contributed by atoms with Gasteiger partial charge in [0.25, 0.3) is 5.91 Å². The Balaban J connectivity index is 1.59. The smallest absolute Gasteiger partial charge is 0.395 e. The van der Waals surface area contributed by atoms with Crippen LogP contribution >= 0.6 is 11.6 Å². The molecule has 1 aromatic heterocycles. The minimum absolute atomic E-state index is 0.0581. The Morgan fingerprint density at radius 1 is 1.24 bits per heavy atom. The van der Waals surface area contributed by atoms with Gasteiger partial charge in [-0.1, -0.05) is 17.7 Å². The number of carbonyl (C=O) groups excluding carboxylic acids is 1. The van der Waals surface area contributed by atoms with E-state index in [4.69, 9.17) is 16.0 Å². The van der Waals surface area contributed by atoms with Gasteiger partial charge in [0.2, 0.25) is 0 Å². The Morgan fingerprint density at radius 2 is 1.96 bits per heavy atom. The van der Waals surface area contributed by atoms with E-state index in [2.05, 4.69) is 0 Å². The summed E-state index contributed by atoms with van der Waals surface area (Å²) in [4.78, 5) is 25.8. The maximum atomic E-state index is 13.9. The molecule has 1 saturated heterocycles. The molecule has 1 aliphatic rings. The van der Waals surface area contributed by atoms with Crippen LogP contribution in [0.15, 0.2) is 34.7 Å². The maximum Gasteiger partial charge on any atom is 0.433 e. The van der Waals surface area contributed by atoms with Crippen LogP contribution in [0.25, 0.3) is 0 Å². The number of halogens is 2. The van der Waals surface area contributed by atoms with E-state index < -0.39 is 16.7 Å². The quantitative estimate of drug-likeness (QED) is 0.613. The van der Waals surface area contributed by atoms with Crippen LogP contribution in [-0.4, -0.2) is 46.8 Å². The Labute approximate surface area is 147 Å². The van der Waals surface area contributed by atoms with Crippen LogP contribution in [0.5, 0.6) is 0 Å². The summed E-state index contributed by atoms with van der Waals surface area (Å²) in [6.45, 7) is 2.27. The van der Waals surface area contributed by atoms with Crippen LogP contribution in [0.1, 0.15) is 16.1 Å². The van der Waals surface area contributed by atoms with E-state index >= 15 is 0 Å². The Bertz CT molecular complexity index is 782. The molecule has 2 aromatic rings. The first-order chi connectivity index (χ1) is 12.0. The van der Waals surface area contributed by atoms with E-state index in [9.17, 15) is 19.3 Å². The maximum absolute atomic E-state index is 13.9. The van der Waals surface area contributed by atoms with Crippen molar-refractivity contribution in [2.75, 3.05) is 26.2 Å². The highest BCUT2D eigenvalue weighted by Crippen LogP contribution is 2.22. The summed E-state index contributed by atoms with van der Waals surface area (Å²) in [5, 5.41) is 11.0. The first-order valence-corrected chi connectivity index (χ1v) is 8.02.